The first-order chi connectivity index (χ1) is 11.6. The Hall–Kier alpha value is -2.88. The highest BCUT2D eigenvalue weighted by Crippen LogP contribution is 2.19. The van der Waals surface area contributed by atoms with Gasteiger partial charge < -0.3 is 9.64 Å². The molecule has 0 fully saturated rings. The van der Waals surface area contributed by atoms with Gasteiger partial charge in [0.15, 0.2) is 0 Å². The normalized spacial score (nSPS) is 10.6. The number of carbonyl (C=O) groups is 1. The van der Waals surface area contributed by atoms with Gasteiger partial charge in [-0.2, -0.15) is 0 Å². The number of para-hydroxylation sites is 2. The second-order valence-corrected chi connectivity index (χ2v) is 5.72. The molecule has 4 heteroatoms. The first kappa shape index (κ1) is 16.0. The lowest BCUT2D eigenvalue weighted by atomic mass is 10.1. The predicted octanol–water partition coefficient (Wildman–Crippen LogP) is 3.69. The highest BCUT2D eigenvalue weighted by atomic mass is 16.5. The Morgan fingerprint density at radius 3 is 2.58 bits per heavy atom. The summed E-state index contributed by atoms with van der Waals surface area (Å²) in [6.07, 6.45) is 0. The first-order valence-corrected chi connectivity index (χ1v) is 7.95. The van der Waals surface area contributed by atoms with Crippen molar-refractivity contribution in [1.82, 2.24) is 9.88 Å². The molecule has 0 saturated carbocycles. The van der Waals surface area contributed by atoms with Crippen molar-refractivity contribution in [3.8, 4) is 5.75 Å². The number of amides is 1. The van der Waals surface area contributed by atoms with Crippen LogP contribution >= 0.6 is 0 Å². The molecule has 1 aromatic heterocycles. The summed E-state index contributed by atoms with van der Waals surface area (Å²) in [5.41, 5.74) is 2.36. The van der Waals surface area contributed by atoms with E-state index in [-0.39, 0.29) is 5.91 Å². The van der Waals surface area contributed by atoms with E-state index in [0.29, 0.717) is 18.7 Å². The lowest BCUT2D eigenvalue weighted by molar-refractivity contribution is 0.0775. The monoisotopic (exact) mass is 320 g/mol. The van der Waals surface area contributed by atoms with Crippen molar-refractivity contribution in [2.75, 3.05) is 20.2 Å². The number of pyridine rings is 1. The Morgan fingerprint density at radius 2 is 1.79 bits per heavy atom. The molecule has 0 atom stereocenters. The SMILES string of the molecule is Cc1cc(C(=O)N(C)CCOc2ccccc2)c2ccccc2n1. The van der Waals surface area contributed by atoms with Crippen LogP contribution in [-0.4, -0.2) is 36.0 Å². The molecule has 0 aliphatic heterocycles. The first-order valence-electron chi connectivity index (χ1n) is 7.95. The van der Waals surface area contributed by atoms with Crippen LogP contribution in [0.3, 0.4) is 0 Å². The molecule has 3 aromatic rings. The average molecular weight is 320 g/mol. The van der Waals surface area contributed by atoms with Crippen LogP contribution in [0.5, 0.6) is 5.75 Å². The molecule has 1 heterocycles. The van der Waals surface area contributed by atoms with Crippen LogP contribution in [0.1, 0.15) is 16.1 Å². The maximum atomic E-state index is 12.8. The van der Waals surface area contributed by atoms with Gasteiger partial charge in [-0.15, -0.1) is 0 Å². The maximum Gasteiger partial charge on any atom is 0.254 e. The van der Waals surface area contributed by atoms with Gasteiger partial charge in [-0.25, -0.2) is 0 Å². The van der Waals surface area contributed by atoms with Crippen molar-refractivity contribution in [3.63, 3.8) is 0 Å². The third-order valence-electron chi connectivity index (χ3n) is 3.86. The molecular formula is C20H20N2O2. The van der Waals surface area contributed by atoms with Crippen molar-refractivity contribution >= 4 is 16.8 Å². The smallest absolute Gasteiger partial charge is 0.254 e. The van der Waals surface area contributed by atoms with Crippen LogP contribution in [0.4, 0.5) is 0 Å². The van der Waals surface area contributed by atoms with Crippen molar-refractivity contribution < 1.29 is 9.53 Å². The van der Waals surface area contributed by atoms with Crippen molar-refractivity contribution in [2.45, 2.75) is 6.92 Å². The standard InChI is InChI=1S/C20H20N2O2/c1-15-14-18(17-10-6-7-11-19(17)21-15)20(23)22(2)12-13-24-16-8-4-3-5-9-16/h3-11,14H,12-13H2,1-2H3. The zero-order valence-electron chi connectivity index (χ0n) is 13.9. The number of nitrogens with zero attached hydrogens (tertiary/aromatic N) is 2. The number of fused-ring (bicyclic) bond motifs is 1. The molecule has 0 N–H and O–H groups in total. The molecule has 0 unspecified atom stereocenters. The zero-order valence-corrected chi connectivity index (χ0v) is 13.9. The van der Waals surface area contributed by atoms with Crippen LogP contribution < -0.4 is 4.74 Å². The summed E-state index contributed by atoms with van der Waals surface area (Å²) in [7, 11) is 1.79. The minimum atomic E-state index is -0.0200. The lowest BCUT2D eigenvalue weighted by Gasteiger charge is -2.19. The molecule has 1 amide bonds. The molecule has 3 rings (SSSR count). The fourth-order valence-electron chi connectivity index (χ4n) is 2.61. The average Bonchev–Trinajstić information content (AvgIpc) is 2.61. The summed E-state index contributed by atoms with van der Waals surface area (Å²) < 4.78 is 5.67. The largest absolute Gasteiger partial charge is 0.492 e. The van der Waals surface area contributed by atoms with E-state index in [1.165, 1.54) is 0 Å². The molecule has 0 aliphatic rings. The van der Waals surface area contributed by atoms with Crippen molar-refractivity contribution in [3.05, 3.63) is 71.9 Å². The molecule has 2 aromatic carbocycles. The van der Waals surface area contributed by atoms with E-state index in [4.69, 9.17) is 4.74 Å². The number of aromatic nitrogens is 1. The quantitative estimate of drug-likeness (QED) is 0.720. The van der Waals surface area contributed by atoms with Gasteiger partial charge in [0.05, 0.1) is 17.6 Å². The third kappa shape index (κ3) is 3.54. The predicted molar refractivity (Wildman–Crippen MR) is 95.4 cm³/mol. The molecule has 122 valence electrons. The van der Waals surface area contributed by atoms with Crippen molar-refractivity contribution in [1.29, 1.82) is 0 Å². The minimum absolute atomic E-state index is 0.0200. The van der Waals surface area contributed by atoms with Gasteiger partial charge >= 0.3 is 0 Å². The Kier molecular flexibility index (Phi) is 4.75. The second-order valence-electron chi connectivity index (χ2n) is 5.72. The lowest BCUT2D eigenvalue weighted by Crippen LogP contribution is -2.31. The molecule has 0 spiro atoms. The molecule has 0 saturated heterocycles. The summed E-state index contributed by atoms with van der Waals surface area (Å²) in [4.78, 5) is 19.0. The van der Waals surface area contributed by atoms with Crippen LogP contribution in [-0.2, 0) is 0 Å². The zero-order chi connectivity index (χ0) is 16.9. The molecule has 0 radical (unpaired) electrons. The number of aryl methyl sites for hydroxylation is 1. The van der Waals surface area contributed by atoms with Crippen LogP contribution in [0.25, 0.3) is 10.9 Å². The van der Waals surface area contributed by atoms with Gasteiger partial charge in [-0.1, -0.05) is 36.4 Å². The molecule has 0 bridgehead atoms. The van der Waals surface area contributed by atoms with Crippen LogP contribution in [0.2, 0.25) is 0 Å². The summed E-state index contributed by atoms with van der Waals surface area (Å²) in [5, 5.41) is 0.879. The van der Waals surface area contributed by atoms with E-state index in [1.54, 1.807) is 11.9 Å². The Bertz CT molecular complexity index is 847. The number of hydrogen-bond acceptors (Lipinski definition) is 3. The van der Waals surface area contributed by atoms with Crippen LogP contribution in [0.15, 0.2) is 60.7 Å². The van der Waals surface area contributed by atoms with Gasteiger partial charge in [0.2, 0.25) is 0 Å². The highest BCUT2D eigenvalue weighted by Gasteiger charge is 2.16. The van der Waals surface area contributed by atoms with Gasteiger partial charge in [0, 0.05) is 18.1 Å². The van der Waals surface area contributed by atoms with Gasteiger partial charge in [0.25, 0.3) is 5.91 Å². The summed E-state index contributed by atoms with van der Waals surface area (Å²) >= 11 is 0. The fourth-order valence-corrected chi connectivity index (χ4v) is 2.61. The number of benzene rings is 2. The molecule has 4 nitrogen and oxygen atoms in total. The topological polar surface area (TPSA) is 42.4 Å². The van der Waals surface area contributed by atoms with E-state index < -0.39 is 0 Å². The summed E-state index contributed by atoms with van der Waals surface area (Å²) in [6, 6.07) is 19.2. The van der Waals surface area contributed by atoms with E-state index in [1.807, 2.05) is 67.6 Å². The summed E-state index contributed by atoms with van der Waals surface area (Å²) in [5.74, 6) is 0.789. The Labute approximate surface area is 141 Å². The van der Waals surface area contributed by atoms with Gasteiger partial charge in [-0.3, -0.25) is 9.78 Å². The molecule has 0 aliphatic carbocycles. The number of ether oxygens (including phenoxy) is 1. The number of rotatable bonds is 5. The van der Waals surface area contributed by atoms with E-state index in [9.17, 15) is 4.79 Å². The van der Waals surface area contributed by atoms with Gasteiger partial charge in [0.1, 0.15) is 12.4 Å². The third-order valence-corrected chi connectivity index (χ3v) is 3.86. The number of hydrogen-bond donors (Lipinski definition) is 0. The van der Waals surface area contributed by atoms with Crippen molar-refractivity contribution in [2.24, 2.45) is 0 Å². The van der Waals surface area contributed by atoms with Crippen LogP contribution in [0, 0.1) is 6.92 Å². The number of likely N-dealkylation sites (N-methyl/N-ethyl adjacent to an activating group) is 1. The summed E-state index contributed by atoms with van der Waals surface area (Å²) in [6.45, 7) is 2.87. The second kappa shape index (κ2) is 7.13. The van der Waals surface area contributed by atoms with E-state index >= 15 is 0 Å². The fraction of sp³-hybridized carbons (Fsp3) is 0.200. The highest BCUT2D eigenvalue weighted by molar-refractivity contribution is 6.06. The maximum absolute atomic E-state index is 12.8. The van der Waals surface area contributed by atoms with E-state index in [2.05, 4.69) is 4.98 Å². The van der Waals surface area contributed by atoms with Gasteiger partial charge in [-0.05, 0) is 31.2 Å². The molecule has 24 heavy (non-hydrogen) atoms. The molecular weight excluding hydrogens is 300 g/mol. The minimum Gasteiger partial charge on any atom is -0.492 e. The number of carbonyl (C=O) groups excluding carboxylic acids is 1. The van der Waals surface area contributed by atoms with E-state index in [0.717, 1.165) is 22.3 Å². The Morgan fingerprint density at radius 1 is 1.08 bits per heavy atom. The Balaban J connectivity index is 1.72.